The highest BCUT2D eigenvalue weighted by Crippen LogP contribution is 2.39. The van der Waals surface area contributed by atoms with Crippen molar-refractivity contribution >= 4 is 27.4 Å². The van der Waals surface area contributed by atoms with Crippen LogP contribution < -0.4 is 19.5 Å². The number of carbonyl (C=O) groups is 1. The summed E-state index contributed by atoms with van der Waals surface area (Å²) in [6, 6.07) is 13.6. The fourth-order valence-electron chi connectivity index (χ4n) is 3.69. The first-order valence-corrected chi connectivity index (χ1v) is 11.3. The first-order valence-electron chi connectivity index (χ1n) is 10.5. The van der Waals surface area contributed by atoms with Crippen molar-refractivity contribution in [3.05, 3.63) is 52.9 Å². The van der Waals surface area contributed by atoms with E-state index in [0.29, 0.717) is 28.5 Å². The lowest BCUT2D eigenvalue weighted by Gasteiger charge is -2.24. The van der Waals surface area contributed by atoms with Crippen LogP contribution in [0.25, 0.3) is 10.1 Å². The van der Waals surface area contributed by atoms with Crippen LogP contribution in [0.3, 0.4) is 0 Å². The number of methoxy groups -OCH3 is 2. The molecule has 0 aliphatic carbocycles. The second-order valence-corrected chi connectivity index (χ2v) is 8.48. The number of nitrogens with one attached hydrogen (secondary N) is 1. The van der Waals surface area contributed by atoms with E-state index in [0.717, 1.165) is 41.6 Å². The number of rotatable bonds is 8. The summed E-state index contributed by atoms with van der Waals surface area (Å²) in [6.07, 6.45) is 2.52. The molecular formula is C24H27NO5S. The Hall–Kier alpha value is -2.77. The molecule has 1 saturated heterocycles. The van der Waals surface area contributed by atoms with Crippen LogP contribution >= 0.6 is 11.3 Å². The SMILES string of the molecule is COc1cc(CCOC(=O)c2sc3ccccc3c2OC2CCNCC2)cc(OC)c1. The summed E-state index contributed by atoms with van der Waals surface area (Å²) in [5.41, 5.74) is 0.978. The van der Waals surface area contributed by atoms with Crippen LogP contribution in [0.4, 0.5) is 0 Å². The first kappa shape index (κ1) is 21.5. The molecule has 7 heteroatoms. The van der Waals surface area contributed by atoms with E-state index in [1.807, 2.05) is 42.5 Å². The smallest absolute Gasteiger partial charge is 0.352 e. The van der Waals surface area contributed by atoms with E-state index >= 15 is 0 Å². The summed E-state index contributed by atoms with van der Waals surface area (Å²) < 4.78 is 23.6. The van der Waals surface area contributed by atoms with Gasteiger partial charge in [-0.1, -0.05) is 12.1 Å². The van der Waals surface area contributed by atoms with E-state index in [1.54, 1.807) is 14.2 Å². The molecule has 3 aromatic rings. The molecular weight excluding hydrogens is 414 g/mol. The van der Waals surface area contributed by atoms with Gasteiger partial charge in [-0.3, -0.25) is 0 Å². The van der Waals surface area contributed by atoms with E-state index in [2.05, 4.69) is 5.32 Å². The molecule has 2 aromatic carbocycles. The highest BCUT2D eigenvalue weighted by Gasteiger charge is 2.24. The molecule has 1 N–H and O–H groups in total. The largest absolute Gasteiger partial charge is 0.497 e. The third-order valence-electron chi connectivity index (χ3n) is 5.34. The fraction of sp³-hybridized carbons (Fsp3) is 0.375. The second-order valence-electron chi connectivity index (χ2n) is 7.43. The Balaban J connectivity index is 1.48. The predicted octanol–water partition coefficient (Wildman–Crippen LogP) is 4.45. The van der Waals surface area contributed by atoms with Crippen LogP contribution in [0.2, 0.25) is 0 Å². The zero-order valence-electron chi connectivity index (χ0n) is 17.8. The molecule has 1 aromatic heterocycles. The molecule has 1 aliphatic heterocycles. The standard InChI is InChI=1S/C24H27NO5S/c1-27-18-13-16(14-19(15-18)28-2)9-12-29-24(26)23-22(30-17-7-10-25-11-8-17)20-5-3-4-6-21(20)31-23/h3-6,13-15,17,25H,7-12H2,1-2H3. The van der Waals surface area contributed by atoms with Crippen molar-refractivity contribution in [2.24, 2.45) is 0 Å². The van der Waals surface area contributed by atoms with Crippen molar-refractivity contribution in [3.63, 3.8) is 0 Å². The number of hydrogen-bond donors (Lipinski definition) is 1. The number of esters is 1. The molecule has 0 bridgehead atoms. The minimum absolute atomic E-state index is 0.107. The Morgan fingerprint density at radius 2 is 1.77 bits per heavy atom. The van der Waals surface area contributed by atoms with Gasteiger partial charge in [0.1, 0.15) is 17.6 Å². The molecule has 2 heterocycles. The van der Waals surface area contributed by atoms with Crippen LogP contribution in [-0.2, 0) is 11.2 Å². The van der Waals surface area contributed by atoms with Gasteiger partial charge in [-0.05, 0) is 55.8 Å². The lowest BCUT2D eigenvalue weighted by molar-refractivity contribution is 0.0507. The lowest BCUT2D eigenvalue weighted by Crippen LogP contribution is -2.34. The number of hydrogen-bond acceptors (Lipinski definition) is 7. The quantitative estimate of drug-likeness (QED) is 0.521. The first-order chi connectivity index (χ1) is 15.2. The van der Waals surface area contributed by atoms with Gasteiger partial charge in [-0.2, -0.15) is 0 Å². The third kappa shape index (κ3) is 5.11. The van der Waals surface area contributed by atoms with Crippen LogP contribution in [0.15, 0.2) is 42.5 Å². The maximum Gasteiger partial charge on any atom is 0.352 e. The number of fused-ring (bicyclic) bond motifs is 1. The van der Waals surface area contributed by atoms with Crippen molar-refractivity contribution in [3.8, 4) is 17.2 Å². The molecule has 31 heavy (non-hydrogen) atoms. The summed E-state index contributed by atoms with van der Waals surface area (Å²) in [5.74, 6) is 1.73. The minimum atomic E-state index is -0.347. The molecule has 0 atom stereocenters. The highest BCUT2D eigenvalue weighted by molar-refractivity contribution is 7.21. The summed E-state index contributed by atoms with van der Waals surface area (Å²) in [7, 11) is 3.23. The molecule has 0 unspecified atom stereocenters. The molecule has 6 nitrogen and oxygen atoms in total. The molecule has 0 radical (unpaired) electrons. The Morgan fingerprint density at radius 1 is 1.06 bits per heavy atom. The zero-order valence-corrected chi connectivity index (χ0v) is 18.6. The Labute approximate surface area is 186 Å². The van der Waals surface area contributed by atoms with Crippen molar-refractivity contribution in [1.29, 1.82) is 0 Å². The van der Waals surface area contributed by atoms with Crippen molar-refractivity contribution in [2.45, 2.75) is 25.4 Å². The molecule has 0 amide bonds. The monoisotopic (exact) mass is 441 g/mol. The maximum absolute atomic E-state index is 13.0. The topological polar surface area (TPSA) is 66.0 Å². The average molecular weight is 442 g/mol. The Bertz CT molecular complexity index is 1020. The summed E-state index contributed by atoms with van der Waals surface area (Å²) >= 11 is 1.42. The number of thiophene rings is 1. The van der Waals surface area contributed by atoms with E-state index in [4.69, 9.17) is 18.9 Å². The van der Waals surface area contributed by atoms with E-state index in [1.165, 1.54) is 11.3 Å². The number of carbonyl (C=O) groups excluding carboxylic acids is 1. The molecule has 0 saturated carbocycles. The van der Waals surface area contributed by atoms with Gasteiger partial charge >= 0.3 is 5.97 Å². The average Bonchev–Trinajstić information content (AvgIpc) is 3.18. The summed E-state index contributed by atoms with van der Waals surface area (Å²) in [4.78, 5) is 13.5. The minimum Gasteiger partial charge on any atom is -0.497 e. The van der Waals surface area contributed by atoms with Crippen LogP contribution in [-0.4, -0.2) is 46.0 Å². The van der Waals surface area contributed by atoms with E-state index < -0.39 is 0 Å². The fourth-order valence-corrected chi connectivity index (χ4v) is 4.72. The van der Waals surface area contributed by atoms with Gasteiger partial charge < -0.3 is 24.3 Å². The molecule has 1 fully saturated rings. The van der Waals surface area contributed by atoms with Crippen LogP contribution in [0.1, 0.15) is 28.1 Å². The van der Waals surface area contributed by atoms with Gasteiger partial charge in [0.25, 0.3) is 0 Å². The number of ether oxygens (including phenoxy) is 4. The normalized spacial score (nSPS) is 14.4. The summed E-state index contributed by atoms with van der Waals surface area (Å²) in [6.45, 7) is 2.11. The molecule has 1 aliphatic rings. The van der Waals surface area contributed by atoms with Gasteiger partial charge in [0, 0.05) is 22.6 Å². The maximum atomic E-state index is 13.0. The molecule has 0 spiro atoms. The lowest BCUT2D eigenvalue weighted by atomic mass is 10.1. The summed E-state index contributed by atoms with van der Waals surface area (Å²) in [5, 5.41) is 4.31. The van der Waals surface area contributed by atoms with Gasteiger partial charge in [0.05, 0.1) is 20.8 Å². The molecule has 4 rings (SSSR count). The highest BCUT2D eigenvalue weighted by atomic mass is 32.1. The van der Waals surface area contributed by atoms with Crippen LogP contribution in [0, 0.1) is 0 Å². The Morgan fingerprint density at radius 3 is 2.48 bits per heavy atom. The van der Waals surface area contributed by atoms with Gasteiger partial charge in [0.15, 0.2) is 10.6 Å². The third-order valence-corrected chi connectivity index (χ3v) is 6.47. The van der Waals surface area contributed by atoms with E-state index in [9.17, 15) is 4.79 Å². The van der Waals surface area contributed by atoms with E-state index in [-0.39, 0.29) is 18.7 Å². The zero-order chi connectivity index (χ0) is 21.6. The van der Waals surface area contributed by atoms with Crippen molar-refractivity contribution in [2.75, 3.05) is 33.9 Å². The number of benzene rings is 2. The molecule has 164 valence electrons. The second kappa shape index (κ2) is 10.0. The van der Waals surface area contributed by atoms with Crippen molar-refractivity contribution in [1.82, 2.24) is 5.32 Å². The van der Waals surface area contributed by atoms with Crippen LogP contribution in [0.5, 0.6) is 17.2 Å². The predicted molar refractivity (Wildman–Crippen MR) is 122 cm³/mol. The number of piperidine rings is 1. The van der Waals surface area contributed by atoms with Crippen molar-refractivity contribution < 1.29 is 23.7 Å². The Kier molecular flexibility index (Phi) is 6.94. The van der Waals surface area contributed by atoms with Gasteiger partial charge in [0.2, 0.25) is 0 Å². The van der Waals surface area contributed by atoms with Gasteiger partial charge in [-0.15, -0.1) is 11.3 Å². The van der Waals surface area contributed by atoms with Gasteiger partial charge in [-0.25, -0.2) is 4.79 Å².